The van der Waals surface area contributed by atoms with Crippen molar-refractivity contribution in [2.24, 2.45) is 0 Å². The normalized spacial score (nSPS) is 11.6. The number of esters is 1. The average molecular weight is 456 g/mol. The molecule has 10 heteroatoms. The number of benzene rings is 2. The van der Waals surface area contributed by atoms with Crippen molar-refractivity contribution in [2.75, 3.05) is 7.05 Å². The summed E-state index contributed by atoms with van der Waals surface area (Å²) >= 11 is 12.1. The third-order valence-electron chi connectivity index (χ3n) is 4.19. The summed E-state index contributed by atoms with van der Waals surface area (Å²) in [5.74, 6) is -0.784. The number of rotatable bonds is 5. The lowest BCUT2D eigenvalue weighted by Crippen LogP contribution is -2.19. The molecule has 0 bridgehead atoms. The lowest BCUT2D eigenvalue weighted by Gasteiger charge is -2.10. The van der Waals surface area contributed by atoms with Crippen LogP contribution < -0.4 is 10.3 Å². The van der Waals surface area contributed by atoms with Gasteiger partial charge < -0.3 is 9.15 Å². The molecular weight excluding hydrogens is 441 g/mol. The molecule has 3 rings (SSSR count). The highest BCUT2D eigenvalue weighted by atomic mass is 35.5. The van der Waals surface area contributed by atoms with E-state index < -0.39 is 21.6 Å². The van der Waals surface area contributed by atoms with E-state index in [1.165, 1.54) is 25.2 Å². The zero-order valence-corrected chi connectivity index (χ0v) is 17.6. The van der Waals surface area contributed by atoms with Gasteiger partial charge in [0.1, 0.15) is 17.1 Å². The van der Waals surface area contributed by atoms with Crippen LogP contribution in [0.3, 0.4) is 0 Å². The molecule has 0 saturated carbocycles. The van der Waals surface area contributed by atoms with Gasteiger partial charge in [0.2, 0.25) is 10.0 Å². The van der Waals surface area contributed by atoms with Crippen LogP contribution >= 0.6 is 23.2 Å². The van der Waals surface area contributed by atoms with E-state index in [-0.39, 0.29) is 22.1 Å². The van der Waals surface area contributed by atoms with Crippen molar-refractivity contribution in [3.63, 3.8) is 0 Å². The molecule has 0 aliphatic carbocycles. The predicted molar refractivity (Wildman–Crippen MR) is 109 cm³/mol. The number of halogens is 2. The summed E-state index contributed by atoms with van der Waals surface area (Å²) < 4.78 is 36.6. The Bertz CT molecular complexity index is 1280. The van der Waals surface area contributed by atoms with Crippen LogP contribution in [-0.2, 0) is 21.4 Å². The van der Waals surface area contributed by atoms with Gasteiger partial charge in [-0.2, -0.15) is 0 Å². The number of hydrogen-bond donors (Lipinski definition) is 1. The lowest BCUT2D eigenvalue weighted by atomic mass is 10.1. The summed E-state index contributed by atoms with van der Waals surface area (Å²) in [5.41, 5.74) is 0.849. The van der Waals surface area contributed by atoms with Crippen molar-refractivity contribution in [2.45, 2.75) is 18.4 Å². The quantitative estimate of drug-likeness (QED) is 0.464. The van der Waals surface area contributed by atoms with E-state index in [4.69, 9.17) is 32.4 Å². The fraction of sp³-hybridized carbons (Fsp3) is 0.158. The fourth-order valence-electron chi connectivity index (χ4n) is 2.64. The zero-order valence-electron chi connectivity index (χ0n) is 15.3. The van der Waals surface area contributed by atoms with Crippen LogP contribution in [0.4, 0.5) is 0 Å². The number of carbonyl (C=O) groups excluding carboxylic acids is 1. The van der Waals surface area contributed by atoms with Crippen molar-refractivity contribution in [3.8, 4) is 0 Å². The standard InChI is InChI=1S/C19H15Cl2NO6S/c1-10-5-16-13(8-15(10)21)12(7-18(23)28-16)9-27-19(24)11-3-4-14(20)17(6-11)29(25,26)22-2/h3-8,22H,9H2,1-2H3. The number of nitrogens with one attached hydrogen (secondary N) is 1. The van der Waals surface area contributed by atoms with Gasteiger partial charge in [0.15, 0.2) is 0 Å². The second-order valence-electron chi connectivity index (χ2n) is 6.12. The van der Waals surface area contributed by atoms with E-state index in [9.17, 15) is 18.0 Å². The minimum Gasteiger partial charge on any atom is -0.457 e. The molecule has 0 radical (unpaired) electrons. The molecule has 0 spiro atoms. The Hall–Kier alpha value is -2.39. The van der Waals surface area contributed by atoms with Gasteiger partial charge in [-0.25, -0.2) is 22.7 Å². The van der Waals surface area contributed by atoms with Crippen molar-refractivity contribution in [3.05, 3.63) is 73.6 Å². The van der Waals surface area contributed by atoms with Gasteiger partial charge in [-0.1, -0.05) is 23.2 Å². The smallest absolute Gasteiger partial charge is 0.338 e. The maximum absolute atomic E-state index is 12.4. The van der Waals surface area contributed by atoms with E-state index >= 15 is 0 Å². The van der Waals surface area contributed by atoms with Gasteiger partial charge in [0.05, 0.1) is 10.6 Å². The Morgan fingerprint density at radius 2 is 1.86 bits per heavy atom. The van der Waals surface area contributed by atoms with Crippen molar-refractivity contribution in [1.82, 2.24) is 4.72 Å². The summed E-state index contributed by atoms with van der Waals surface area (Å²) in [6.07, 6.45) is 0. The Labute approximate surface area is 176 Å². The van der Waals surface area contributed by atoms with Gasteiger partial charge >= 0.3 is 11.6 Å². The van der Waals surface area contributed by atoms with Gasteiger partial charge in [0.25, 0.3) is 0 Å². The first-order valence-electron chi connectivity index (χ1n) is 8.25. The van der Waals surface area contributed by atoms with Crippen LogP contribution in [0.5, 0.6) is 0 Å². The Balaban J connectivity index is 1.91. The molecule has 0 atom stereocenters. The number of carbonyl (C=O) groups is 1. The van der Waals surface area contributed by atoms with Crippen LogP contribution in [0.2, 0.25) is 10.0 Å². The fourth-order valence-corrected chi connectivity index (χ4v) is 4.05. The molecule has 3 aromatic rings. The van der Waals surface area contributed by atoms with Crippen LogP contribution in [0, 0.1) is 6.92 Å². The number of hydrogen-bond acceptors (Lipinski definition) is 6. The maximum Gasteiger partial charge on any atom is 0.338 e. The summed E-state index contributed by atoms with van der Waals surface area (Å²) in [5, 5.41) is 0.966. The second-order valence-corrected chi connectivity index (χ2v) is 8.79. The van der Waals surface area contributed by atoms with Gasteiger partial charge in [-0.3, -0.25) is 0 Å². The molecule has 29 heavy (non-hydrogen) atoms. The molecule has 0 aliphatic rings. The van der Waals surface area contributed by atoms with E-state index in [1.807, 2.05) is 0 Å². The molecule has 152 valence electrons. The molecule has 0 amide bonds. The average Bonchev–Trinajstić information content (AvgIpc) is 2.67. The van der Waals surface area contributed by atoms with Crippen LogP contribution in [0.15, 0.2) is 50.5 Å². The number of fused-ring (bicyclic) bond motifs is 1. The number of sulfonamides is 1. The largest absolute Gasteiger partial charge is 0.457 e. The molecule has 7 nitrogen and oxygen atoms in total. The van der Waals surface area contributed by atoms with Crippen molar-refractivity contribution in [1.29, 1.82) is 0 Å². The van der Waals surface area contributed by atoms with E-state index in [0.29, 0.717) is 21.6 Å². The van der Waals surface area contributed by atoms with Crippen LogP contribution in [0.25, 0.3) is 11.0 Å². The highest BCUT2D eigenvalue weighted by Crippen LogP contribution is 2.26. The van der Waals surface area contributed by atoms with Gasteiger partial charge in [-0.15, -0.1) is 0 Å². The highest BCUT2D eigenvalue weighted by Gasteiger charge is 2.19. The number of ether oxygens (including phenoxy) is 1. The third kappa shape index (κ3) is 4.45. The first kappa shape index (κ1) is 21.3. The first-order valence-corrected chi connectivity index (χ1v) is 10.5. The van der Waals surface area contributed by atoms with E-state index in [1.54, 1.807) is 19.1 Å². The zero-order chi connectivity index (χ0) is 21.3. The van der Waals surface area contributed by atoms with Gasteiger partial charge in [0, 0.05) is 22.0 Å². The molecule has 2 aromatic carbocycles. The van der Waals surface area contributed by atoms with E-state index in [2.05, 4.69) is 4.72 Å². The number of aryl methyl sites for hydroxylation is 1. The molecule has 0 fully saturated rings. The molecule has 0 aliphatic heterocycles. The monoisotopic (exact) mass is 455 g/mol. The van der Waals surface area contributed by atoms with Gasteiger partial charge in [-0.05, 0) is 49.9 Å². The van der Waals surface area contributed by atoms with Crippen molar-refractivity contribution < 1.29 is 22.4 Å². The first-order chi connectivity index (χ1) is 13.6. The SMILES string of the molecule is CNS(=O)(=O)c1cc(C(=O)OCc2cc(=O)oc3cc(C)c(Cl)cc23)ccc1Cl. The third-order valence-corrected chi connectivity index (χ3v) is 6.50. The molecule has 1 aromatic heterocycles. The minimum absolute atomic E-state index is 0.00984. The lowest BCUT2D eigenvalue weighted by molar-refractivity contribution is 0.0473. The molecule has 1 heterocycles. The summed E-state index contributed by atoms with van der Waals surface area (Å²) in [6.45, 7) is 1.53. The summed E-state index contributed by atoms with van der Waals surface area (Å²) in [7, 11) is -2.62. The van der Waals surface area contributed by atoms with Crippen molar-refractivity contribution >= 4 is 50.2 Å². The molecule has 0 unspecified atom stereocenters. The molecule has 0 saturated heterocycles. The Morgan fingerprint density at radius 3 is 2.55 bits per heavy atom. The topological polar surface area (TPSA) is 103 Å². The highest BCUT2D eigenvalue weighted by molar-refractivity contribution is 7.89. The maximum atomic E-state index is 12.4. The second kappa shape index (κ2) is 8.16. The molecule has 1 N–H and O–H groups in total. The Morgan fingerprint density at radius 1 is 1.14 bits per heavy atom. The summed E-state index contributed by atoms with van der Waals surface area (Å²) in [4.78, 5) is 24.0. The summed E-state index contributed by atoms with van der Waals surface area (Å²) in [6, 6.07) is 8.21. The predicted octanol–water partition coefficient (Wildman–Crippen LogP) is 3.67. The molecular formula is C19H15Cl2NO6S. The minimum atomic E-state index is -3.85. The van der Waals surface area contributed by atoms with Crippen LogP contribution in [-0.4, -0.2) is 21.4 Å². The Kier molecular flexibility index (Phi) is 6.00. The van der Waals surface area contributed by atoms with Crippen LogP contribution in [0.1, 0.15) is 21.5 Å². The van der Waals surface area contributed by atoms with E-state index in [0.717, 1.165) is 11.6 Å².